The second-order valence-electron chi connectivity index (χ2n) is 8.31. The molecule has 0 fully saturated rings. The zero-order chi connectivity index (χ0) is 23.3. The minimum absolute atomic E-state index is 0.0967. The molecule has 2 amide bonds. The zero-order valence-corrected chi connectivity index (χ0v) is 20.2. The summed E-state index contributed by atoms with van der Waals surface area (Å²) < 4.78 is 14.3. The zero-order valence-electron chi connectivity index (χ0n) is 17.9. The molecule has 1 N–H and O–H groups in total. The van der Waals surface area contributed by atoms with E-state index in [1.807, 2.05) is 27.7 Å². The molecule has 0 saturated heterocycles. The fourth-order valence-corrected chi connectivity index (χ4v) is 3.71. The first kappa shape index (κ1) is 25.4. The Balaban J connectivity index is 2.40. The van der Waals surface area contributed by atoms with Crippen molar-refractivity contribution >= 4 is 46.6 Å². The lowest BCUT2D eigenvalue weighted by Gasteiger charge is -2.33. The molecule has 0 aliphatic carbocycles. The summed E-state index contributed by atoms with van der Waals surface area (Å²) in [7, 11) is 0. The number of amides is 2. The third-order valence-corrected chi connectivity index (χ3v) is 5.70. The summed E-state index contributed by atoms with van der Waals surface area (Å²) in [5.74, 6) is -1.28. The molecule has 2 aromatic rings. The van der Waals surface area contributed by atoms with Gasteiger partial charge in [0.1, 0.15) is 11.9 Å². The van der Waals surface area contributed by atoms with Gasteiger partial charge in [-0.1, -0.05) is 53.9 Å². The molecule has 0 saturated carbocycles. The topological polar surface area (TPSA) is 49.4 Å². The Kier molecular flexibility index (Phi) is 8.75. The summed E-state index contributed by atoms with van der Waals surface area (Å²) in [5.41, 5.74) is 0.321. The van der Waals surface area contributed by atoms with Gasteiger partial charge in [0.15, 0.2) is 0 Å². The van der Waals surface area contributed by atoms with Crippen molar-refractivity contribution in [1.29, 1.82) is 0 Å². The van der Waals surface area contributed by atoms with Crippen LogP contribution in [0.5, 0.6) is 0 Å². The fourth-order valence-electron chi connectivity index (χ4n) is 3.16. The fraction of sp³-hybridized carbons (Fsp3) is 0.391. The van der Waals surface area contributed by atoms with Gasteiger partial charge in [0.2, 0.25) is 11.8 Å². The van der Waals surface area contributed by atoms with Crippen LogP contribution in [0.2, 0.25) is 15.1 Å². The number of halogens is 4. The number of carbonyl (C=O) groups excluding carboxylic acids is 2. The quantitative estimate of drug-likeness (QED) is 0.517. The average Bonchev–Trinajstić information content (AvgIpc) is 2.66. The summed E-state index contributed by atoms with van der Waals surface area (Å²) in [6.45, 7) is 7.52. The second kappa shape index (κ2) is 10.7. The van der Waals surface area contributed by atoms with Crippen molar-refractivity contribution in [2.24, 2.45) is 0 Å². The van der Waals surface area contributed by atoms with Crippen LogP contribution >= 0.6 is 34.8 Å². The van der Waals surface area contributed by atoms with Gasteiger partial charge in [-0.15, -0.1) is 0 Å². The van der Waals surface area contributed by atoms with Crippen LogP contribution in [0.15, 0.2) is 36.4 Å². The second-order valence-corrected chi connectivity index (χ2v) is 9.53. The number of nitrogens with one attached hydrogen (secondary N) is 1. The Bertz CT molecular complexity index is 940. The summed E-state index contributed by atoms with van der Waals surface area (Å²) in [6.07, 6.45) is 0.103. The minimum Gasteiger partial charge on any atom is -0.350 e. The average molecular weight is 488 g/mol. The standard InChI is InChI=1S/C23H26Cl3FN2O2/c1-5-20(22(31)28-23(2,3)4)29(13-14-9-10-17(25)18(26)11-14)21(30)12-15-16(24)7-6-8-19(15)27/h6-11,20H,5,12-13H2,1-4H3,(H,28,31)/t20-/m1/s1. The van der Waals surface area contributed by atoms with Crippen LogP contribution in [0.1, 0.15) is 45.2 Å². The summed E-state index contributed by atoms with van der Waals surface area (Å²) in [4.78, 5) is 27.7. The van der Waals surface area contributed by atoms with Gasteiger partial charge in [-0.3, -0.25) is 9.59 Å². The van der Waals surface area contributed by atoms with Crippen molar-refractivity contribution in [3.63, 3.8) is 0 Å². The molecule has 0 aliphatic rings. The van der Waals surface area contributed by atoms with Crippen molar-refractivity contribution in [2.75, 3.05) is 0 Å². The van der Waals surface area contributed by atoms with E-state index >= 15 is 0 Å². The highest BCUT2D eigenvalue weighted by atomic mass is 35.5. The Morgan fingerprint density at radius 3 is 2.29 bits per heavy atom. The van der Waals surface area contributed by atoms with Crippen LogP contribution in [0, 0.1) is 5.82 Å². The predicted molar refractivity (Wildman–Crippen MR) is 124 cm³/mol. The van der Waals surface area contributed by atoms with E-state index in [1.54, 1.807) is 18.2 Å². The molecular weight excluding hydrogens is 462 g/mol. The van der Waals surface area contributed by atoms with Gasteiger partial charge in [-0.05, 0) is 57.0 Å². The van der Waals surface area contributed by atoms with Gasteiger partial charge in [-0.25, -0.2) is 4.39 Å². The molecular formula is C23H26Cl3FN2O2. The SMILES string of the molecule is CC[C@H](C(=O)NC(C)(C)C)N(Cc1ccc(Cl)c(Cl)c1)C(=O)Cc1c(F)cccc1Cl. The molecule has 31 heavy (non-hydrogen) atoms. The molecule has 0 aromatic heterocycles. The Morgan fingerprint density at radius 2 is 1.74 bits per heavy atom. The third kappa shape index (κ3) is 7.09. The van der Waals surface area contributed by atoms with E-state index in [9.17, 15) is 14.0 Å². The number of benzene rings is 2. The lowest BCUT2D eigenvalue weighted by atomic mass is 10.0. The summed E-state index contributed by atoms with van der Waals surface area (Å²) in [6, 6.07) is 8.51. The highest BCUT2D eigenvalue weighted by molar-refractivity contribution is 6.42. The lowest BCUT2D eigenvalue weighted by Crippen LogP contribution is -2.53. The van der Waals surface area contributed by atoms with E-state index < -0.39 is 23.3 Å². The highest BCUT2D eigenvalue weighted by Gasteiger charge is 2.31. The van der Waals surface area contributed by atoms with E-state index in [4.69, 9.17) is 34.8 Å². The molecule has 0 unspecified atom stereocenters. The number of nitrogens with zero attached hydrogens (tertiary/aromatic N) is 1. The van der Waals surface area contributed by atoms with E-state index in [0.29, 0.717) is 22.0 Å². The third-order valence-electron chi connectivity index (χ3n) is 4.61. The number of hydrogen-bond acceptors (Lipinski definition) is 2. The van der Waals surface area contributed by atoms with E-state index in [2.05, 4.69) is 5.32 Å². The molecule has 168 valence electrons. The van der Waals surface area contributed by atoms with Crippen molar-refractivity contribution in [1.82, 2.24) is 10.2 Å². The summed E-state index contributed by atoms with van der Waals surface area (Å²) >= 11 is 18.2. The van der Waals surface area contributed by atoms with Gasteiger partial charge >= 0.3 is 0 Å². The normalized spacial score (nSPS) is 12.4. The first-order valence-corrected chi connectivity index (χ1v) is 11.0. The van der Waals surface area contributed by atoms with Crippen LogP contribution in [-0.4, -0.2) is 28.3 Å². The molecule has 4 nitrogen and oxygen atoms in total. The largest absolute Gasteiger partial charge is 0.350 e. The van der Waals surface area contributed by atoms with Crippen LogP contribution in [-0.2, 0) is 22.6 Å². The smallest absolute Gasteiger partial charge is 0.243 e. The first-order chi connectivity index (χ1) is 14.4. The van der Waals surface area contributed by atoms with Crippen molar-refractivity contribution in [3.8, 4) is 0 Å². The molecule has 0 spiro atoms. The van der Waals surface area contributed by atoms with Crippen molar-refractivity contribution < 1.29 is 14.0 Å². The minimum atomic E-state index is -0.758. The highest BCUT2D eigenvalue weighted by Crippen LogP contribution is 2.25. The summed E-state index contributed by atoms with van der Waals surface area (Å²) in [5, 5.41) is 3.81. The molecule has 2 rings (SSSR count). The maximum atomic E-state index is 14.3. The van der Waals surface area contributed by atoms with Crippen LogP contribution in [0.25, 0.3) is 0 Å². The van der Waals surface area contributed by atoms with Crippen LogP contribution < -0.4 is 5.32 Å². The number of rotatable bonds is 7. The Labute approximate surface area is 197 Å². The van der Waals surface area contributed by atoms with E-state index in [0.717, 1.165) is 0 Å². The molecule has 0 heterocycles. The molecule has 0 radical (unpaired) electrons. The van der Waals surface area contributed by atoms with Gasteiger partial charge in [0.05, 0.1) is 16.5 Å². The van der Waals surface area contributed by atoms with Gasteiger partial charge < -0.3 is 10.2 Å². The molecule has 0 bridgehead atoms. The molecule has 8 heteroatoms. The van der Waals surface area contributed by atoms with Crippen molar-refractivity contribution in [2.45, 2.75) is 58.7 Å². The van der Waals surface area contributed by atoms with Crippen molar-refractivity contribution in [3.05, 3.63) is 68.4 Å². The Hall–Kier alpha value is -1.82. The number of hydrogen-bond donors (Lipinski definition) is 1. The van der Waals surface area contributed by atoms with Crippen LogP contribution in [0.3, 0.4) is 0 Å². The maximum Gasteiger partial charge on any atom is 0.243 e. The van der Waals surface area contributed by atoms with Crippen LogP contribution in [0.4, 0.5) is 4.39 Å². The first-order valence-electron chi connectivity index (χ1n) is 9.91. The molecule has 1 atom stereocenters. The van der Waals surface area contributed by atoms with Gasteiger partial charge in [0, 0.05) is 22.7 Å². The van der Waals surface area contributed by atoms with Gasteiger partial charge in [-0.2, -0.15) is 0 Å². The maximum absolute atomic E-state index is 14.3. The monoisotopic (exact) mass is 486 g/mol. The molecule has 2 aromatic carbocycles. The molecule has 0 aliphatic heterocycles. The van der Waals surface area contributed by atoms with Gasteiger partial charge in [0.25, 0.3) is 0 Å². The number of carbonyl (C=O) groups is 2. The van der Waals surface area contributed by atoms with E-state index in [1.165, 1.54) is 23.1 Å². The lowest BCUT2D eigenvalue weighted by molar-refractivity contribution is -0.141. The predicted octanol–water partition coefficient (Wildman–Crippen LogP) is 6.05. The Morgan fingerprint density at radius 1 is 1.06 bits per heavy atom. The van der Waals surface area contributed by atoms with E-state index in [-0.39, 0.29) is 29.5 Å².